The zero-order chi connectivity index (χ0) is 13.8. The van der Waals surface area contributed by atoms with E-state index < -0.39 is 0 Å². The van der Waals surface area contributed by atoms with Crippen LogP contribution in [0.1, 0.15) is 40.0 Å². The standard InChI is InChI=1S/C13H25N5S/c1-5-6-14-11-8-9(2)7-10(3)12(11)19-13-15-16-17-18(13)4/h9-12,14H,5-8H2,1-4H3. The van der Waals surface area contributed by atoms with Gasteiger partial charge in [-0.2, -0.15) is 0 Å². The first-order valence-electron chi connectivity index (χ1n) is 7.24. The summed E-state index contributed by atoms with van der Waals surface area (Å²) in [6, 6.07) is 0.570. The number of tetrazole rings is 1. The topological polar surface area (TPSA) is 55.6 Å². The molecule has 0 spiro atoms. The second kappa shape index (κ2) is 6.70. The summed E-state index contributed by atoms with van der Waals surface area (Å²) in [6.45, 7) is 8.04. The smallest absolute Gasteiger partial charge is 0.209 e. The fraction of sp³-hybridized carbons (Fsp3) is 0.923. The maximum atomic E-state index is 4.12. The van der Waals surface area contributed by atoms with Crippen LogP contribution in [0.2, 0.25) is 0 Å². The third-order valence-electron chi connectivity index (χ3n) is 3.87. The lowest BCUT2D eigenvalue weighted by molar-refractivity contribution is 0.249. The van der Waals surface area contributed by atoms with Crippen LogP contribution in [0, 0.1) is 11.8 Å². The minimum Gasteiger partial charge on any atom is -0.313 e. The van der Waals surface area contributed by atoms with E-state index in [-0.39, 0.29) is 0 Å². The second-order valence-electron chi connectivity index (χ2n) is 5.78. The van der Waals surface area contributed by atoms with Crippen molar-refractivity contribution in [3.8, 4) is 0 Å². The predicted molar refractivity (Wildman–Crippen MR) is 78.1 cm³/mol. The van der Waals surface area contributed by atoms with E-state index in [4.69, 9.17) is 0 Å². The molecule has 108 valence electrons. The monoisotopic (exact) mass is 283 g/mol. The molecular weight excluding hydrogens is 258 g/mol. The number of nitrogens with zero attached hydrogens (tertiary/aromatic N) is 4. The lowest BCUT2D eigenvalue weighted by Crippen LogP contribution is -2.46. The van der Waals surface area contributed by atoms with Crippen molar-refractivity contribution >= 4 is 11.8 Å². The van der Waals surface area contributed by atoms with Gasteiger partial charge in [0.15, 0.2) is 0 Å². The molecule has 6 heteroatoms. The molecule has 0 aromatic carbocycles. The summed E-state index contributed by atoms with van der Waals surface area (Å²) in [7, 11) is 1.91. The molecule has 0 bridgehead atoms. The Balaban J connectivity index is 2.06. The lowest BCUT2D eigenvalue weighted by atomic mass is 9.80. The number of hydrogen-bond donors (Lipinski definition) is 1. The van der Waals surface area contributed by atoms with Crippen LogP contribution < -0.4 is 5.32 Å². The van der Waals surface area contributed by atoms with Crippen molar-refractivity contribution in [1.82, 2.24) is 25.5 Å². The number of nitrogens with one attached hydrogen (secondary N) is 1. The van der Waals surface area contributed by atoms with Crippen LogP contribution in [0.15, 0.2) is 5.16 Å². The van der Waals surface area contributed by atoms with Crippen molar-refractivity contribution < 1.29 is 0 Å². The number of aryl methyl sites for hydroxylation is 1. The summed E-state index contributed by atoms with van der Waals surface area (Å²) in [5.41, 5.74) is 0. The molecule has 0 saturated heterocycles. The molecule has 1 aromatic heterocycles. The molecule has 0 aliphatic heterocycles. The highest BCUT2D eigenvalue weighted by atomic mass is 32.2. The van der Waals surface area contributed by atoms with Crippen molar-refractivity contribution in [1.29, 1.82) is 0 Å². The number of aromatic nitrogens is 4. The third kappa shape index (κ3) is 3.69. The van der Waals surface area contributed by atoms with Crippen molar-refractivity contribution in [2.45, 2.75) is 56.5 Å². The quantitative estimate of drug-likeness (QED) is 0.897. The Morgan fingerprint density at radius 1 is 1.37 bits per heavy atom. The van der Waals surface area contributed by atoms with Crippen LogP contribution in [-0.2, 0) is 7.05 Å². The van der Waals surface area contributed by atoms with Gasteiger partial charge in [0.2, 0.25) is 5.16 Å². The van der Waals surface area contributed by atoms with Crippen LogP contribution in [0.25, 0.3) is 0 Å². The summed E-state index contributed by atoms with van der Waals surface area (Å²) in [4.78, 5) is 0. The van der Waals surface area contributed by atoms with Crippen molar-refractivity contribution in [2.75, 3.05) is 6.54 Å². The maximum Gasteiger partial charge on any atom is 0.209 e. The maximum absolute atomic E-state index is 4.12. The first kappa shape index (κ1) is 14.8. The molecule has 1 aliphatic carbocycles. The second-order valence-corrected chi connectivity index (χ2v) is 6.93. The van der Waals surface area contributed by atoms with Gasteiger partial charge < -0.3 is 5.32 Å². The SMILES string of the molecule is CCCNC1CC(C)CC(C)C1Sc1nnnn1C. The number of thioether (sulfide) groups is 1. The van der Waals surface area contributed by atoms with E-state index in [1.807, 2.05) is 18.8 Å². The van der Waals surface area contributed by atoms with Crippen LogP contribution in [0.5, 0.6) is 0 Å². The average molecular weight is 283 g/mol. The molecule has 0 amide bonds. The van der Waals surface area contributed by atoms with Gasteiger partial charge in [0.05, 0.1) is 0 Å². The Morgan fingerprint density at radius 2 is 2.16 bits per heavy atom. The molecule has 5 nitrogen and oxygen atoms in total. The van der Waals surface area contributed by atoms with E-state index in [1.165, 1.54) is 19.3 Å². The molecule has 1 saturated carbocycles. The van der Waals surface area contributed by atoms with Gasteiger partial charge in [-0.3, -0.25) is 0 Å². The average Bonchev–Trinajstić information content (AvgIpc) is 2.76. The molecule has 4 unspecified atom stereocenters. The van der Waals surface area contributed by atoms with E-state index in [0.29, 0.717) is 17.2 Å². The Hall–Kier alpha value is -0.620. The number of hydrogen-bond acceptors (Lipinski definition) is 5. The molecule has 19 heavy (non-hydrogen) atoms. The van der Waals surface area contributed by atoms with E-state index >= 15 is 0 Å². The first-order valence-corrected chi connectivity index (χ1v) is 8.12. The predicted octanol–water partition coefficient (Wildman–Crippen LogP) is 2.10. The first-order chi connectivity index (χ1) is 9.11. The lowest BCUT2D eigenvalue weighted by Gasteiger charge is -2.39. The molecule has 1 fully saturated rings. The van der Waals surface area contributed by atoms with E-state index in [1.54, 1.807) is 4.68 Å². The largest absolute Gasteiger partial charge is 0.313 e. The van der Waals surface area contributed by atoms with E-state index in [9.17, 15) is 0 Å². The third-order valence-corrected chi connectivity index (χ3v) is 5.49. The molecule has 1 heterocycles. The van der Waals surface area contributed by atoms with Gasteiger partial charge in [-0.05, 0) is 48.1 Å². The molecule has 1 N–H and O–H groups in total. The van der Waals surface area contributed by atoms with Gasteiger partial charge in [-0.15, -0.1) is 5.10 Å². The van der Waals surface area contributed by atoms with Crippen LogP contribution >= 0.6 is 11.8 Å². The zero-order valence-electron chi connectivity index (χ0n) is 12.3. The van der Waals surface area contributed by atoms with Crippen LogP contribution in [0.4, 0.5) is 0 Å². The van der Waals surface area contributed by atoms with Crippen molar-refractivity contribution in [3.63, 3.8) is 0 Å². The van der Waals surface area contributed by atoms with Crippen LogP contribution in [-0.4, -0.2) is 38.0 Å². The fourth-order valence-electron chi connectivity index (χ4n) is 3.00. The number of rotatable bonds is 5. The van der Waals surface area contributed by atoms with Gasteiger partial charge in [0.1, 0.15) is 0 Å². The summed E-state index contributed by atoms with van der Waals surface area (Å²) in [5.74, 6) is 1.50. The van der Waals surface area contributed by atoms with E-state index in [0.717, 1.165) is 17.6 Å². The molecule has 1 aromatic rings. The van der Waals surface area contributed by atoms with Gasteiger partial charge in [-0.25, -0.2) is 4.68 Å². The summed E-state index contributed by atoms with van der Waals surface area (Å²) in [5, 5.41) is 17.0. The molecule has 4 atom stereocenters. The highest BCUT2D eigenvalue weighted by Gasteiger charge is 2.35. The molecule has 0 radical (unpaired) electrons. The van der Waals surface area contributed by atoms with Gasteiger partial charge in [0, 0.05) is 18.3 Å². The normalized spacial score (nSPS) is 31.6. The minimum atomic E-state index is 0.562. The Labute approximate surface area is 119 Å². The summed E-state index contributed by atoms with van der Waals surface area (Å²) < 4.78 is 1.77. The summed E-state index contributed by atoms with van der Waals surface area (Å²) >= 11 is 1.83. The summed E-state index contributed by atoms with van der Waals surface area (Å²) in [6.07, 6.45) is 3.74. The minimum absolute atomic E-state index is 0.562. The van der Waals surface area contributed by atoms with Crippen LogP contribution in [0.3, 0.4) is 0 Å². The van der Waals surface area contributed by atoms with Gasteiger partial charge in [-0.1, -0.05) is 32.5 Å². The van der Waals surface area contributed by atoms with E-state index in [2.05, 4.69) is 41.6 Å². The van der Waals surface area contributed by atoms with Gasteiger partial charge in [0.25, 0.3) is 0 Å². The molecular formula is C13H25N5S. The molecule has 2 rings (SSSR count). The Morgan fingerprint density at radius 3 is 2.79 bits per heavy atom. The van der Waals surface area contributed by atoms with Crippen molar-refractivity contribution in [2.24, 2.45) is 18.9 Å². The fourth-order valence-corrected chi connectivity index (χ4v) is 4.23. The van der Waals surface area contributed by atoms with Gasteiger partial charge >= 0.3 is 0 Å². The Bertz CT molecular complexity index is 394. The highest BCUT2D eigenvalue weighted by Crippen LogP contribution is 2.38. The Kier molecular flexibility index (Phi) is 5.21. The van der Waals surface area contributed by atoms with Crippen molar-refractivity contribution in [3.05, 3.63) is 0 Å². The molecule has 1 aliphatic rings. The highest BCUT2D eigenvalue weighted by molar-refractivity contribution is 7.99. The zero-order valence-corrected chi connectivity index (χ0v) is 13.2.